The number of hydrogen-bond acceptors (Lipinski definition) is 2. The molecule has 0 saturated heterocycles. The lowest BCUT2D eigenvalue weighted by atomic mass is 10.1. The largest absolute Gasteiger partial charge is 0.497 e. The monoisotopic (exact) mass is 218 g/mol. The van der Waals surface area contributed by atoms with Crippen LogP contribution in [0.4, 0.5) is 0 Å². The van der Waals surface area contributed by atoms with E-state index in [1.165, 1.54) is 0 Å². The van der Waals surface area contributed by atoms with E-state index in [9.17, 15) is 0 Å². The Labute approximate surface area is 75.0 Å². The fourth-order valence-corrected chi connectivity index (χ4v) is 1.34. The third-order valence-electron chi connectivity index (χ3n) is 1.61. The fourth-order valence-electron chi connectivity index (χ4n) is 0.924. The number of ether oxygens (including phenoxy) is 2. The van der Waals surface area contributed by atoms with Crippen molar-refractivity contribution in [1.82, 2.24) is 0 Å². The molecular formula is C8H11BrO2. The Bertz CT molecular complexity index is 198. The Kier molecular flexibility index (Phi) is 2.73. The molecule has 0 N–H and O–H groups in total. The lowest BCUT2D eigenvalue weighted by Gasteiger charge is -2.23. The van der Waals surface area contributed by atoms with Crippen molar-refractivity contribution in [2.75, 3.05) is 14.2 Å². The van der Waals surface area contributed by atoms with E-state index >= 15 is 0 Å². The quantitative estimate of drug-likeness (QED) is 0.663. The normalized spacial score (nSPS) is 29.9. The van der Waals surface area contributed by atoms with Gasteiger partial charge in [0.2, 0.25) is 0 Å². The minimum Gasteiger partial charge on any atom is -0.497 e. The zero-order valence-corrected chi connectivity index (χ0v) is 8.22. The molecule has 0 aromatic carbocycles. The van der Waals surface area contributed by atoms with Crippen molar-refractivity contribution in [1.29, 1.82) is 0 Å². The highest BCUT2D eigenvalue weighted by Crippen LogP contribution is 2.30. The molecule has 0 aromatic heterocycles. The summed E-state index contributed by atoms with van der Waals surface area (Å²) in [5.41, 5.74) is 0. The first-order valence-electron chi connectivity index (χ1n) is 3.37. The topological polar surface area (TPSA) is 18.5 Å². The highest BCUT2D eigenvalue weighted by molar-refractivity contribution is 9.10. The third kappa shape index (κ3) is 2.07. The van der Waals surface area contributed by atoms with Gasteiger partial charge in [-0.1, -0.05) is 6.08 Å². The first-order valence-corrected chi connectivity index (χ1v) is 4.17. The minimum atomic E-state index is -0.368. The first-order chi connectivity index (χ1) is 5.20. The smallest absolute Gasteiger partial charge is 0.148 e. The van der Waals surface area contributed by atoms with Crippen LogP contribution in [0.1, 0.15) is 6.42 Å². The third-order valence-corrected chi connectivity index (χ3v) is 2.49. The SMILES string of the molecule is COC1=CC(Br)(OC)CC=C1. The lowest BCUT2D eigenvalue weighted by Crippen LogP contribution is -2.21. The summed E-state index contributed by atoms with van der Waals surface area (Å²) in [6.45, 7) is 0. The van der Waals surface area contributed by atoms with Crippen LogP contribution >= 0.6 is 15.9 Å². The second-order valence-electron chi connectivity index (χ2n) is 2.35. The van der Waals surface area contributed by atoms with Gasteiger partial charge in [0.15, 0.2) is 0 Å². The molecule has 3 heteroatoms. The summed E-state index contributed by atoms with van der Waals surface area (Å²) in [5, 5.41) is 0. The second kappa shape index (κ2) is 3.41. The van der Waals surface area contributed by atoms with E-state index < -0.39 is 0 Å². The van der Waals surface area contributed by atoms with Gasteiger partial charge in [0, 0.05) is 19.6 Å². The molecule has 62 valence electrons. The highest BCUT2D eigenvalue weighted by atomic mass is 79.9. The molecule has 2 nitrogen and oxygen atoms in total. The minimum absolute atomic E-state index is 0.368. The molecule has 0 fully saturated rings. The zero-order valence-electron chi connectivity index (χ0n) is 6.63. The number of hydrogen-bond donors (Lipinski definition) is 0. The number of allylic oxidation sites excluding steroid dienone is 1. The Morgan fingerprint density at radius 1 is 1.55 bits per heavy atom. The average Bonchev–Trinajstić information content (AvgIpc) is 2.05. The second-order valence-corrected chi connectivity index (χ2v) is 3.69. The van der Waals surface area contributed by atoms with Crippen LogP contribution in [0.25, 0.3) is 0 Å². The maximum absolute atomic E-state index is 5.22. The van der Waals surface area contributed by atoms with Crippen LogP contribution in [0.2, 0.25) is 0 Å². The summed E-state index contributed by atoms with van der Waals surface area (Å²) >= 11 is 3.45. The van der Waals surface area contributed by atoms with Crippen LogP contribution in [0.3, 0.4) is 0 Å². The summed E-state index contributed by atoms with van der Waals surface area (Å²) in [6, 6.07) is 0. The molecule has 0 radical (unpaired) electrons. The van der Waals surface area contributed by atoms with Crippen molar-refractivity contribution >= 4 is 15.9 Å². The van der Waals surface area contributed by atoms with Crippen LogP contribution in [0, 0.1) is 0 Å². The van der Waals surface area contributed by atoms with Gasteiger partial charge in [-0.25, -0.2) is 0 Å². The molecule has 1 aliphatic rings. The van der Waals surface area contributed by atoms with Gasteiger partial charge in [0.1, 0.15) is 10.3 Å². The van der Waals surface area contributed by atoms with Crippen molar-refractivity contribution in [2.24, 2.45) is 0 Å². The van der Waals surface area contributed by atoms with Crippen molar-refractivity contribution in [3.8, 4) is 0 Å². The van der Waals surface area contributed by atoms with E-state index in [0.29, 0.717) is 0 Å². The molecule has 0 aliphatic heterocycles. The van der Waals surface area contributed by atoms with Gasteiger partial charge in [-0.2, -0.15) is 0 Å². The molecule has 0 saturated carbocycles. The van der Waals surface area contributed by atoms with Crippen molar-refractivity contribution in [2.45, 2.75) is 10.9 Å². The number of rotatable bonds is 2. The Morgan fingerprint density at radius 2 is 2.27 bits per heavy atom. The van der Waals surface area contributed by atoms with Gasteiger partial charge in [0.05, 0.1) is 7.11 Å². The molecule has 0 amide bonds. The molecule has 1 atom stereocenters. The van der Waals surface area contributed by atoms with Crippen molar-refractivity contribution in [3.05, 3.63) is 24.0 Å². The van der Waals surface area contributed by atoms with Gasteiger partial charge in [-0.15, -0.1) is 0 Å². The van der Waals surface area contributed by atoms with Gasteiger partial charge in [-0.3, -0.25) is 0 Å². The summed E-state index contributed by atoms with van der Waals surface area (Å²) < 4.78 is 9.90. The summed E-state index contributed by atoms with van der Waals surface area (Å²) in [7, 11) is 3.31. The lowest BCUT2D eigenvalue weighted by molar-refractivity contribution is 0.114. The van der Waals surface area contributed by atoms with E-state index in [4.69, 9.17) is 9.47 Å². The molecular weight excluding hydrogens is 208 g/mol. The highest BCUT2D eigenvalue weighted by Gasteiger charge is 2.24. The predicted octanol–water partition coefficient (Wildman–Crippen LogP) is 2.21. The van der Waals surface area contributed by atoms with Crippen LogP contribution in [0.15, 0.2) is 24.0 Å². The molecule has 0 bridgehead atoms. The van der Waals surface area contributed by atoms with E-state index in [-0.39, 0.29) is 4.51 Å². The molecule has 0 heterocycles. The summed E-state index contributed by atoms with van der Waals surface area (Å²) in [4.78, 5) is 0. The Hall–Kier alpha value is -0.280. The molecule has 1 rings (SSSR count). The maximum Gasteiger partial charge on any atom is 0.148 e. The number of methoxy groups -OCH3 is 2. The van der Waals surface area contributed by atoms with Gasteiger partial charge in [0.25, 0.3) is 0 Å². The van der Waals surface area contributed by atoms with Gasteiger partial charge < -0.3 is 9.47 Å². The summed E-state index contributed by atoms with van der Waals surface area (Å²) in [6.07, 6.45) is 6.68. The van der Waals surface area contributed by atoms with Crippen molar-refractivity contribution < 1.29 is 9.47 Å². The van der Waals surface area contributed by atoms with Gasteiger partial charge >= 0.3 is 0 Å². The van der Waals surface area contributed by atoms with Crippen molar-refractivity contribution in [3.63, 3.8) is 0 Å². The molecule has 1 unspecified atom stereocenters. The molecule has 1 aliphatic carbocycles. The first kappa shape index (κ1) is 8.81. The fraction of sp³-hybridized carbons (Fsp3) is 0.500. The standard InChI is InChI=1S/C8H11BrO2/c1-10-7-4-3-5-8(9,6-7)11-2/h3-4,6H,5H2,1-2H3. The number of alkyl halides is 1. The maximum atomic E-state index is 5.22. The Balaban J connectivity index is 2.75. The van der Waals surface area contributed by atoms with E-state index in [1.807, 2.05) is 18.2 Å². The zero-order chi connectivity index (χ0) is 8.32. The van der Waals surface area contributed by atoms with Gasteiger partial charge in [-0.05, 0) is 22.0 Å². The molecule has 11 heavy (non-hydrogen) atoms. The predicted molar refractivity (Wildman–Crippen MR) is 47.5 cm³/mol. The van der Waals surface area contributed by atoms with Crippen LogP contribution < -0.4 is 0 Å². The van der Waals surface area contributed by atoms with E-state index in [2.05, 4.69) is 15.9 Å². The van der Waals surface area contributed by atoms with Crippen LogP contribution in [-0.4, -0.2) is 18.7 Å². The van der Waals surface area contributed by atoms with Crippen LogP contribution in [0.5, 0.6) is 0 Å². The molecule has 0 aromatic rings. The van der Waals surface area contributed by atoms with E-state index in [0.717, 1.165) is 12.2 Å². The Morgan fingerprint density at radius 3 is 2.82 bits per heavy atom. The van der Waals surface area contributed by atoms with Crippen LogP contribution in [-0.2, 0) is 9.47 Å². The average molecular weight is 219 g/mol. The summed E-state index contributed by atoms with van der Waals surface area (Å²) in [5.74, 6) is 0.829. The molecule has 0 spiro atoms. The van der Waals surface area contributed by atoms with E-state index in [1.54, 1.807) is 14.2 Å². The number of halogens is 1.